The number of hydrogen-bond acceptors (Lipinski definition) is 9. The number of amidine groups is 1. The molecule has 2 heterocycles. The smallest absolute Gasteiger partial charge is 0.269 e. The van der Waals surface area contributed by atoms with E-state index in [9.17, 15) is 10.1 Å². The van der Waals surface area contributed by atoms with Gasteiger partial charge in [-0.1, -0.05) is 42.1 Å². The Bertz CT molecular complexity index is 1550. The maximum absolute atomic E-state index is 14.0. The van der Waals surface area contributed by atoms with Gasteiger partial charge in [-0.05, 0) is 68.7 Å². The molecule has 41 heavy (non-hydrogen) atoms. The summed E-state index contributed by atoms with van der Waals surface area (Å²) in [5, 5.41) is 14.3. The van der Waals surface area contributed by atoms with Crippen LogP contribution in [0.1, 0.15) is 18.1 Å². The van der Waals surface area contributed by atoms with E-state index in [1.807, 2.05) is 82.7 Å². The van der Waals surface area contributed by atoms with Gasteiger partial charge in [0.15, 0.2) is 5.17 Å². The van der Waals surface area contributed by atoms with Crippen molar-refractivity contribution in [2.75, 3.05) is 51.1 Å². The number of nitrogens with one attached hydrogen (secondary N) is 1. The van der Waals surface area contributed by atoms with Crippen molar-refractivity contribution in [3.05, 3.63) is 87.8 Å². The molecule has 1 N–H and O–H groups in total. The molecule has 0 radical (unpaired) electrons. The Labute approximate surface area is 249 Å². The highest BCUT2D eigenvalue weighted by atomic mass is 32.2. The van der Waals surface area contributed by atoms with Gasteiger partial charge in [0.1, 0.15) is 17.3 Å². The Hall–Kier alpha value is -3.91. The molecule has 2 aliphatic rings. The minimum absolute atomic E-state index is 0.0938. The number of nitriles is 1. The van der Waals surface area contributed by atoms with Crippen LogP contribution in [0.4, 0.5) is 17.1 Å². The maximum atomic E-state index is 14.0. The van der Waals surface area contributed by atoms with Crippen molar-refractivity contribution in [3.63, 3.8) is 0 Å². The molecule has 3 aromatic rings. The Balaban J connectivity index is 1.51. The summed E-state index contributed by atoms with van der Waals surface area (Å²) in [5.41, 5.74) is 3.96. The van der Waals surface area contributed by atoms with Crippen LogP contribution in [0.2, 0.25) is 0 Å². The van der Waals surface area contributed by atoms with Gasteiger partial charge in [-0.15, -0.1) is 0 Å². The summed E-state index contributed by atoms with van der Waals surface area (Å²) in [6, 6.07) is 23.5. The summed E-state index contributed by atoms with van der Waals surface area (Å²) >= 11 is 2.95. The maximum Gasteiger partial charge on any atom is 0.269 e. The molecule has 0 saturated carbocycles. The van der Waals surface area contributed by atoms with Gasteiger partial charge in [-0.2, -0.15) is 5.26 Å². The first-order valence-electron chi connectivity index (χ1n) is 13.4. The molecule has 0 aliphatic carbocycles. The van der Waals surface area contributed by atoms with Crippen LogP contribution in [0.15, 0.2) is 86.6 Å². The zero-order valence-electron chi connectivity index (χ0n) is 23.5. The van der Waals surface area contributed by atoms with Crippen molar-refractivity contribution in [1.82, 2.24) is 9.80 Å². The zero-order valence-corrected chi connectivity index (χ0v) is 25.2. The number of anilines is 2. The number of likely N-dealkylation sites (N-methyl/N-ethyl adjacent to an activating group) is 1. The van der Waals surface area contributed by atoms with Crippen molar-refractivity contribution in [3.8, 4) is 11.8 Å². The number of amides is 1. The highest BCUT2D eigenvalue weighted by molar-refractivity contribution is 8.19. The minimum atomic E-state index is -0.0938. The molecule has 1 fully saturated rings. The van der Waals surface area contributed by atoms with Crippen LogP contribution < -0.4 is 15.0 Å². The van der Waals surface area contributed by atoms with Crippen LogP contribution in [-0.4, -0.2) is 61.7 Å². The number of carbonyl (C=O) groups excluding carboxylic acids is 1. The lowest BCUT2D eigenvalue weighted by atomic mass is 10.2. The van der Waals surface area contributed by atoms with Crippen LogP contribution in [0.25, 0.3) is 0 Å². The largest absolute Gasteiger partial charge is 0.492 e. The van der Waals surface area contributed by atoms with Gasteiger partial charge in [0.2, 0.25) is 0 Å². The van der Waals surface area contributed by atoms with Crippen LogP contribution in [0.3, 0.4) is 0 Å². The van der Waals surface area contributed by atoms with E-state index in [0.29, 0.717) is 41.0 Å². The lowest BCUT2D eigenvalue weighted by Crippen LogP contribution is -2.29. The van der Waals surface area contributed by atoms with Crippen molar-refractivity contribution in [2.45, 2.75) is 18.4 Å². The first kappa shape index (κ1) is 28.6. The fraction of sp³-hybridized carbons (Fsp3) is 0.258. The summed E-state index contributed by atoms with van der Waals surface area (Å²) in [6.45, 7) is 4.54. The molecule has 10 heteroatoms. The van der Waals surface area contributed by atoms with Gasteiger partial charge < -0.3 is 19.9 Å². The lowest BCUT2D eigenvalue weighted by molar-refractivity contribution is -0.122. The summed E-state index contributed by atoms with van der Waals surface area (Å²) in [4.78, 5) is 26.5. The third-order valence-electron chi connectivity index (χ3n) is 6.56. The third kappa shape index (κ3) is 6.38. The molecule has 0 unspecified atom stereocenters. The average molecular weight is 585 g/mol. The second kappa shape index (κ2) is 12.7. The number of fused-ring (bicyclic) bond motifs is 1. The standard InChI is InChI=1S/C31H32N6O2S2/c1-5-33-24-13-11-22(19-32)17-25(24)34-31-37(20-21-9-7-6-8-10-21)29(38)28(41-31)30-36(4)26-18-23(12-14-27(26)40-30)39-16-15-35(2)3/h6-14,17-18,33H,5,15-16,20H2,1-4H3/b30-28-,34-31+. The summed E-state index contributed by atoms with van der Waals surface area (Å²) in [6.07, 6.45) is 0. The van der Waals surface area contributed by atoms with E-state index < -0.39 is 0 Å². The molecular formula is C31H32N6O2S2. The van der Waals surface area contributed by atoms with E-state index in [0.717, 1.165) is 39.2 Å². The van der Waals surface area contributed by atoms with E-state index in [2.05, 4.69) is 21.2 Å². The monoisotopic (exact) mass is 584 g/mol. The van der Waals surface area contributed by atoms with Gasteiger partial charge in [0.25, 0.3) is 5.91 Å². The molecule has 3 aromatic carbocycles. The number of rotatable bonds is 9. The van der Waals surface area contributed by atoms with E-state index in [4.69, 9.17) is 9.73 Å². The van der Waals surface area contributed by atoms with E-state index in [1.54, 1.807) is 28.8 Å². The summed E-state index contributed by atoms with van der Waals surface area (Å²) in [5.74, 6) is 0.708. The fourth-order valence-electron chi connectivity index (χ4n) is 4.42. The van der Waals surface area contributed by atoms with Crippen LogP contribution in [-0.2, 0) is 11.3 Å². The molecule has 210 valence electrons. The van der Waals surface area contributed by atoms with Crippen LogP contribution in [0, 0.1) is 11.3 Å². The van der Waals surface area contributed by atoms with Crippen molar-refractivity contribution in [1.29, 1.82) is 5.26 Å². The molecule has 1 amide bonds. The van der Waals surface area contributed by atoms with Crippen molar-refractivity contribution in [2.24, 2.45) is 4.99 Å². The highest BCUT2D eigenvalue weighted by Crippen LogP contribution is 2.51. The number of nitrogens with zero attached hydrogens (tertiary/aromatic N) is 5. The second-order valence-electron chi connectivity index (χ2n) is 9.82. The van der Waals surface area contributed by atoms with E-state index >= 15 is 0 Å². The Morgan fingerprint density at radius 2 is 1.88 bits per heavy atom. The number of hydrogen-bond donors (Lipinski definition) is 1. The number of aliphatic imine (C=N–C) groups is 1. The van der Waals surface area contributed by atoms with Gasteiger partial charge in [-0.25, -0.2) is 4.99 Å². The normalized spacial score (nSPS) is 17.4. The quantitative estimate of drug-likeness (QED) is 0.302. The fourth-order valence-corrected chi connectivity index (χ4v) is 6.74. The molecule has 1 saturated heterocycles. The summed E-state index contributed by atoms with van der Waals surface area (Å²) in [7, 11) is 6.02. The first-order chi connectivity index (χ1) is 19.9. The zero-order chi connectivity index (χ0) is 28.9. The van der Waals surface area contributed by atoms with Crippen molar-refractivity contribution >= 4 is 51.7 Å². The summed E-state index contributed by atoms with van der Waals surface area (Å²) < 4.78 is 5.97. The van der Waals surface area contributed by atoms with Gasteiger partial charge in [-0.3, -0.25) is 9.69 Å². The van der Waals surface area contributed by atoms with Gasteiger partial charge in [0.05, 0.1) is 40.3 Å². The Kier molecular flexibility index (Phi) is 8.88. The SMILES string of the molecule is CCNc1ccc(C#N)cc1/N=C1/S/C(=C2\Sc3ccc(OCCN(C)C)cc3N2C)C(=O)N1Cc1ccccc1. The Morgan fingerprint density at radius 3 is 2.61 bits per heavy atom. The number of carbonyl (C=O) groups is 1. The highest BCUT2D eigenvalue weighted by Gasteiger charge is 2.39. The molecule has 2 aliphatic heterocycles. The third-order valence-corrected chi connectivity index (χ3v) is 8.99. The predicted molar refractivity (Wildman–Crippen MR) is 169 cm³/mol. The topological polar surface area (TPSA) is 84.2 Å². The average Bonchev–Trinajstić information content (AvgIpc) is 3.45. The predicted octanol–water partition coefficient (Wildman–Crippen LogP) is 6.10. The van der Waals surface area contributed by atoms with E-state index in [1.165, 1.54) is 11.8 Å². The molecule has 5 rings (SSSR count). The number of ether oxygens (including phenoxy) is 1. The van der Waals surface area contributed by atoms with Crippen LogP contribution in [0.5, 0.6) is 5.75 Å². The van der Waals surface area contributed by atoms with Gasteiger partial charge >= 0.3 is 0 Å². The lowest BCUT2D eigenvalue weighted by Gasteiger charge is -2.17. The molecule has 0 spiro atoms. The van der Waals surface area contributed by atoms with E-state index in [-0.39, 0.29) is 5.91 Å². The molecule has 0 bridgehead atoms. The van der Waals surface area contributed by atoms with Crippen molar-refractivity contribution < 1.29 is 9.53 Å². The van der Waals surface area contributed by atoms with Gasteiger partial charge in [0, 0.05) is 31.1 Å². The molecule has 8 nitrogen and oxygen atoms in total. The second-order valence-corrected chi connectivity index (χ2v) is 11.8. The minimum Gasteiger partial charge on any atom is -0.492 e. The Morgan fingerprint density at radius 1 is 1.07 bits per heavy atom. The molecule has 0 aromatic heterocycles. The number of benzene rings is 3. The molecular weight excluding hydrogens is 553 g/mol. The van der Waals surface area contributed by atoms with Crippen LogP contribution >= 0.6 is 23.5 Å². The first-order valence-corrected chi connectivity index (χ1v) is 15.0. The number of thioether (sulfide) groups is 2. The molecule has 0 atom stereocenters.